The molecule has 0 radical (unpaired) electrons. The van der Waals surface area contributed by atoms with Gasteiger partial charge in [-0.3, -0.25) is 0 Å². The lowest BCUT2D eigenvalue weighted by Gasteiger charge is -2.35. The van der Waals surface area contributed by atoms with Crippen LogP contribution in [0.15, 0.2) is 29.2 Å². The predicted octanol–water partition coefficient (Wildman–Crippen LogP) is 0.894. The lowest BCUT2D eigenvalue weighted by molar-refractivity contribution is 0.187. The van der Waals surface area contributed by atoms with E-state index in [0.717, 1.165) is 25.9 Å². The van der Waals surface area contributed by atoms with Crippen molar-refractivity contribution in [2.45, 2.75) is 30.4 Å². The van der Waals surface area contributed by atoms with E-state index in [1.807, 2.05) is 7.05 Å². The molecule has 1 unspecified atom stereocenters. The van der Waals surface area contributed by atoms with Crippen molar-refractivity contribution in [1.82, 2.24) is 9.21 Å². The highest BCUT2D eigenvalue weighted by Gasteiger charge is 2.31. The summed E-state index contributed by atoms with van der Waals surface area (Å²) >= 11 is 0. The molecule has 0 amide bonds. The van der Waals surface area contributed by atoms with Crippen LogP contribution in [0.5, 0.6) is 0 Å². The van der Waals surface area contributed by atoms with E-state index in [4.69, 9.17) is 0 Å². The summed E-state index contributed by atoms with van der Waals surface area (Å²) in [5.74, 6) is 0. The number of aliphatic hydroxyl groups excluding tert-OH is 1. The summed E-state index contributed by atoms with van der Waals surface area (Å²) in [4.78, 5) is 2.36. The van der Waals surface area contributed by atoms with E-state index in [-0.39, 0.29) is 17.5 Å². The number of hydrogen-bond donors (Lipinski definition) is 1. The fraction of sp³-hybridized carbons (Fsp3) is 0.571. The smallest absolute Gasteiger partial charge is 0.243 e. The minimum absolute atomic E-state index is 0.00880. The molecule has 6 heteroatoms. The molecule has 1 aliphatic rings. The summed E-state index contributed by atoms with van der Waals surface area (Å²) < 4.78 is 26.9. The van der Waals surface area contributed by atoms with E-state index >= 15 is 0 Å². The molecule has 0 saturated carbocycles. The normalized spacial score (nSPS) is 21.3. The molecule has 1 atom stereocenters. The summed E-state index contributed by atoms with van der Waals surface area (Å²) in [6.45, 7) is 1.49. The van der Waals surface area contributed by atoms with Gasteiger partial charge in [-0.15, -0.1) is 0 Å². The quantitative estimate of drug-likeness (QED) is 0.897. The Bertz CT molecular complexity index is 559. The second-order valence-electron chi connectivity index (χ2n) is 5.35. The summed E-state index contributed by atoms with van der Waals surface area (Å²) in [6.07, 6.45) is 1.88. The molecule has 1 saturated heterocycles. The zero-order valence-corrected chi connectivity index (χ0v) is 12.8. The zero-order valence-electron chi connectivity index (χ0n) is 12.0. The Balaban J connectivity index is 2.29. The molecule has 1 fully saturated rings. The Kier molecular flexibility index (Phi) is 4.80. The molecule has 1 aromatic rings. The van der Waals surface area contributed by atoms with Crippen molar-refractivity contribution in [2.24, 2.45) is 0 Å². The van der Waals surface area contributed by atoms with E-state index in [1.165, 1.54) is 4.31 Å². The van der Waals surface area contributed by atoms with Gasteiger partial charge in [0.2, 0.25) is 10.0 Å². The average molecular weight is 298 g/mol. The van der Waals surface area contributed by atoms with E-state index < -0.39 is 10.0 Å². The van der Waals surface area contributed by atoms with Crippen LogP contribution in [0.4, 0.5) is 0 Å². The fourth-order valence-electron chi connectivity index (χ4n) is 2.67. The van der Waals surface area contributed by atoms with E-state index in [2.05, 4.69) is 4.90 Å². The monoisotopic (exact) mass is 298 g/mol. The van der Waals surface area contributed by atoms with Crippen molar-refractivity contribution in [3.8, 4) is 0 Å². The second-order valence-corrected chi connectivity index (χ2v) is 7.31. The van der Waals surface area contributed by atoms with Crippen LogP contribution in [0.2, 0.25) is 0 Å². The summed E-state index contributed by atoms with van der Waals surface area (Å²) in [5, 5.41) is 9.32. The molecule has 0 aliphatic carbocycles. The van der Waals surface area contributed by atoms with Crippen molar-refractivity contribution in [1.29, 1.82) is 0 Å². The Morgan fingerprint density at radius 2 is 2.10 bits per heavy atom. The molecule has 1 heterocycles. The highest BCUT2D eigenvalue weighted by atomic mass is 32.2. The molecule has 0 bridgehead atoms. The van der Waals surface area contributed by atoms with Crippen molar-refractivity contribution < 1.29 is 13.5 Å². The minimum Gasteiger partial charge on any atom is -0.392 e. The van der Waals surface area contributed by atoms with Crippen molar-refractivity contribution in [2.75, 3.05) is 27.2 Å². The van der Waals surface area contributed by atoms with Crippen molar-refractivity contribution in [3.05, 3.63) is 29.8 Å². The van der Waals surface area contributed by atoms with Gasteiger partial charge in [0.15, 0.2) is 0 Å². The summed E-state index contributed by atoms with van der Waals surface area (Å²) in [7, 11) is 0.0824. The lowest BCUT2D eigenvalue weighted by atomic mass is 10.1. The maximum Gasteiger partial charge on any atom is 0.243 e. The maximum atomic E-state index is 12.7. The number of benzene rings is 1. The molecule has 1 aromatic carbocycles. The van der Waals surface area contributed by atoms with Gasteiger partial charge in [0, 0.05) is 19.6 Å². The third kappa shape index (κ3) is 3.03. The van der Waals surface area contributed by atoms with Crippen LogP contribution in [-0.4, -0.2) is 56.0 Å². The predicted molar refractivity (Wildman–Crippen MR) is 77.8 cm³/mol. The molecule has 112 valence electrons. The molecular formula is C14H22N2O3S. The Labute approximate surface area is 120 Å². The van der Waals surface area contributed by atoms with Crippen molar-refractivity contribution >= 4 is 10.0 Å². The van der Waals surface area contributed by atoms with E-state index in [1.54, 1.807) is 31.3 Å². The fourth-order valence-corrected chi connectivity index (χ4v) is 4.26. The van der Waals surface area contributed by atoms with Gasteiger partial charge in [-0.25, -0.2) is 8.42 Å². The first-order valence-electron chi connectivity index (χ1n) is 6.82. The van der Waals surface area contributed by atoms with Gasteiger partial charge in [-0.05, 0) is 38.1 Å². The van der Waals surface area contributed by atoms with Crippen LogP contribution in [0.3, 0.4) is 0 Å². The number of sulfonamides is 1. The largest absolute Gasteiger partial charge is 0.392 e. The number of likely N-dealkylation sites (tertiary alicyclic amines) is 1. The van der Waals surface area contributed by atoms with Crippen LogP contribution in [0, 0.1) is 0 Å². The minimum atomic E-state index is -3.56. The SMILES string of the molecule is CN1CCCC(N(C)S(=O)(=O)c2ccccc2CO)C1. The first kappa shape index (κ1) is 15.4. The number of rotatable bonds is 4. The second kappa shape index (κ2) is 6.22. The third-order valence-corrected chi connectivity index (χ3v) is 5.92. The molecule has 1 aliphatic heterocycles. The lowest BCUT2D eigenvalue weighted by Crippen LogP contribution is -2.47. The Hall–Kier alpha value is -0.950. The van der Waals surface area contributed by atoms with Gasteiger partial charge in [0.25, 0.3) is 0 Å². The number of aliphatic hydroxyl groups is 1. The van der Waals surface area contributed by atoms with Crippen LogP contribution in [-0.2, 0) is 16.6 Å². The summed E-state index contributed by atoms with van der Waals surface area (Å²) in [6, 6.07) is 6.62. The number of nitrogens with zero attached hydrogens (tertiary/aromatic N) is 2. The highest BCUT2D eigenvalue weighted by Crippen LogP contribution is 2.24. The van der Waals surface area contributed by atoms with Gasteiger partial charge in [-0.2, -0.15) is 4.31 Å². The molecule has 20 heavy (non-hydrogen) atoms. The van der Waals surface area contributed by atoms with Crippen LogP contribution >= 0.6 is 0 Å². The van der Waals surface area contributed by atoms with Gasteiger partial charge in [-0.1, -0.05) is 18.2 Å². The molecule has 5 nitrogen and oxygen atoms in total. The van der Waals surface area contributed by atoms with Gasteiger partial charge in [0.1, 0.15) is 0 Å². The number of hydrogen-bond acceptors (Lipinski definition) is 4. The average Bonchev–Trinajstić information content (AvgIpc) is 2.46. The van der Waals surface area contributed by atoms with E-state index in [9.17, 15) is 13.5 Å². The first-order chi connectivity index (χ1) is 9.46. The molecular weight excluding hydrogens is 276 g/mol. The molecule has 2 rings (SSSR count). The van der Waals surface area contributed by atoms with Crippen molar-refractivity contribution in [3.63, 3.8) is 0 Å². The van der Waals surface area contributed by atoms with Crippen LogP contribution in [0.25, 0.3) is 0 Å². The number of piperidine rings is 1. The van der Waals surface area contributed by atoms with Gasteiger partial charge in [0.05, 0.1) is 11.5 Å². The van der Waals surface area contributed by atoms with Gasteiger partial charge >= 0.3 is 0 Å². The highest BCUT2D eigenvalue weighted by molar-refractivity contribution is 7.89. The van der Waals surface area contributed by atoms with Crippen LogP contribution < -0.4 is 0 Å². The third-order valence-electron chi connectivity index (χ3n) is 3.91. The zero-order chi connectivity index (χ0) is 14.8. The Morgan fingerprint density at radius 1 is 1.40 bits per heavy atom. The molecule has 0 aromatic heterocycles. The maximum absolute atomic E-state index is 12.7. The van der Waals surface area contributed by atoms with Gasteiger partial charge < -0.3 is 10.0 Å². The number of likely N-dealkylation sites (N-methyl/N-ethyl adjacent to an activating group) is 2. The molecule has 0 spiro atoms. The standard InChI is InChI=1S/C14H22N2O3S/c1-15-9-5-7-13(10-15)16(2)20(18,19)14-8-4-3-6-12(14)11-17/h3-4,6,8,13,17H,5,7,9-11H2,1-2H3. The topological polar surface area (TPSA) is 60.9 Å². The first-order valence-corrected chi connectivity index (χ1v) is 8.26. The van der Waals surface area contributed by atoms with Crippen LogP contribution in [0.1, 0.15) is 18.4 Å². The van der Waals surface area contributed by atoms with E-state index in [0.29, 0.717) is 5.56 Å². The molecule has 1 N–H and O–H groups in total. The summed E-state index contributed by atoms with van der Waals surface area (Å²) in [5.41, 5.74) is 0.448. The Morgan fingerprint density at radius 3 is 2.75 bits per heavy atom.